The van der Waals surface area contributed by atoms with Crippen LogP contribution in [-0.4, -0.2) is 19.9 Å². The van der Waals surface area contributed by atoms with Crippen molar-refractivity contribution in [1.29, 1.82) is 0 Å². The monoisotopic (exact) mass is 686 g/mol. The molecule has 54 heavy (non-hydrogen) atoms. The highest BCUT2D eigenvalue weighted by Crippen LogP contribution is 2.38. The molecule has 0 N–H and O–H groups in total. The van der Waals surface area contributed by atoms with E-state index in [1.165, 1.54) is 43.4 Å². The second-order valence-electron chi connectivity index (χ2n) is 13.9. The first kappa shape index (κ1) is 30.3. The molecule has 4 heteroatoms. The van der Waals surface area contributed by atoms with E-state index >= 15 is 0 Å². The molecule has 0 atom stereocenters. The summed E-state index contributed by atoms with van der Waals surface area (Å²) in [5, 5.41) is 13.3. The van der Waals surface area contributed by atoms with Crippen LogP contribution in [0.2, 0.25) is 0 Å². The number of hydrogen-bond acceptors (Lipinski definition) is 4. The highest BCUT2D eigenvalue weighted by atomic mass is 15.0. The molecular formula is C50H30N4. The van der Waals surface area contributed by atoms with E-state index in [-0.39, 0.29) is 0 Å². The van der Waals surface area contributed by atoms with Gasteiger partial charge in [-0.2, -0.15) is 0 Å². The van der Waals surface area contributed by atoms with Crippen molar-refractivity contribution in [2.24, 2.45) is 0 Å². The Labute approximate surface area is 311 Å². The molecule has 0 fully saturated rings. The average Bonchev–Trinajstić information content (AvgIpc) is 3.26. The minimum atomic E-state index is 0.542. The molecule has 0 radical (unpaired) electrons. The standard InChI is InChI=1S/C50H30N4/c1-2-11-33(12-3-1)48-52-49(54-50(53-48)46-27-25-32-19-18-31-10-4-5-13-39(31)47(32)51-46)38-23-22-34-28-35(20-21-36(34)29-38)37-24-26-44-42-16-7-6-14-40(42)41-15-8-9-17-43(41)45(44)30-37/h1-30H. The molecule has 11 aromatic rings. The molecule has 0 spiro atoms. The van der Waals surface area contributed by atoms with Gasteiger partial charge in [-0.15, -0.1) is 0 Å². The number of pyridine rings is 1. The van der Waals surface area contributed by atoms with Crippen LogP contribution in [0.3, 0.4) is 0 Å². The molecule has 250 valence electrons. The number of benzene rings is 9. The van der Waals surface area contributed by atoms with E-state index in [0.717, 1.165) is 43.6 Å². The Kier molecular flexibility index (Phi) is 6.82. The zero-order chi connectivity index (χ0) is 35.6. The summed E-state index contributed by atoms with van der Waals surface area (Å²) in [5.41, 5.74) is 5.86. The molecule has 0 unspecified atom stereocenters. The lowest BCUT2D eigenvalue weighted by molar-refractivity contribution is 1.06. The lowest BCUT2D eigenvalue weighted by atomic mass is 9.91. The van der Waals surface area contributed by atoms with E-state index < -0.39 is 0 Å². The second kappa shape index (κ2) is 12.1. The maximum Gasteiger partial charge on any atom is 0.182 e. The van der Waals surface area contributed by atoms with Crippen LogP contribution in [0.25, 0.3) is 110 Å². The quantitative estimate of drug-likeness (QED) is 0.173. The molecular weight excluding hydrogens is 657 g/mol. The fourth-order valence-corrected chi connectivity index (χ4v) is 7.97. The summed E-state index contributed by atoms with van der Waals surface area (Å²) in [6.45, 7) is 0. The Morgan fingerprint density at radius 2 is 0.722 bits per heavy atom. The van der Waals surface area contributed by atoms with Gasteiger partial charge < -0.3 is 0 Å². The fourth-order valence-electron chi connectivity index (χ4n) is 7.97. The van der Waals surface area contributed by atoms with Crippen LogP contribution in [-0.2, 0) is 0 Å². The van der Waals surface area contributed by atoms with Crippen molar-refractivity contribution in [1.82, 2.24) is 19.9 Å². The van der Waals surface area contributed by atoms with Crippen molar-refractivity contribution < 1.29 is 0 Å². The number of fused-ring (bicyclic) bond motifs is 10. The third-order valence-corrected chi connectivity index (χ3v) is 10.7. The van der Waals surface area contributed by atoms with Crippen LogP contribution >= 0.6 is 0 Å². The number of rotatable bonds is 4. The lowest BCUT2D eigenvalue weighted by Gasteiger charge is -2.12. The van der Waals surface area contributed by atoms with Crippen molar-refractivity contribution in [3.05, 3.63) is 182 Å². The molecule has 0 aliphatic heterocycles. The molecule has 4 nitrogen and oxygen atoms in total. The minimum absolute atomic E-state index is 0.542. The molecule has 0 aliphatic rings. The summed E-state index contributed by atoms with van der Waals surface area (Å²) in [7, 11) is 0. The van der Waals surface area contributed by atoms with Crippen molar-refractivity contribution in [2.75, 3.05) is 0 Å². The zero-order valence-corrected chi connectivity index (χ0v) is 29.1. The molecule has 0 aliphatic carbocycles. The first-order chi connectivity index (χ1) is 26.7. The van der Waals surface area contributed by atoms with Crippen molar-refractivity contribution in [3.8, 4) is 45.4 Å². The maximum absolute atomic E-state index is 5.13. The topological polar surface area (TPSA) is 51.6 Å². The van der Waals surface area contributed by atoms with Crippen LogP contribution in [0.4, 0.5) is 0 Å². The third kappa shape index (κ3) is 5.00. The predicted molar refractivity (Wildman–Crippen MR) is 224 cm³/mol. The summed E-state index contributed by atoms with van der Waals surface area (Å²) in [5.74, 6) is 1.77. The lowest BCUT2D eigenvalue weighted by Crippen LogP contribution is -2.01. The van der Waals surface area contributed by atoms with Gasteiger partial charge in [0.2, 0.25) is 0 Å². The first-order valence-electron chi connectivity index (χ1n) is 18.2. The van der Waals surface area contributed by atoms with Gasteiger partial charge >= 0.3 is 0 Å². The summed E-state index contributed by atoms with van der Waals surface area (Å²) in [6.07, 6.45) is 0. The average molecular weight is 687 g/mol. The SMILES string of the molecule is c1ccc(-c2nc(-c3ccc4cc(-c5ccc6c7ccccc7c7ccccc7c6c5)ccc4c3)nc(-c3ccc4ccc5ccccc5c4n3)n2)cc1. The molecule has 0 saturated carbocycles. The zero-order valence-electron chi connectivity index (χ0n) is 29.1. The normalized spacial score (nSPS) is 11.7. The van der Waals surface area contributed by atoms with Gasteiger partial charge in [-0.05, 0) is 83.9 Å². The highest BCUT2D eigenvalue weighted by molar-refractivity contribution is 6.25. The van der Waals surface area contributed by atoms with Crippen molar-refractivity contribution in [3.63, 3.8) is 0 Å². The maximum atomic E-state index is 5.13. The van der Waals surface area contributed by atoms with Crippen LogP contribution in [0, 0.1) is 0 Å². The Hall–Kier alpha value is -7.30. The highest BCUT2D eigenvalue weighted by Gasteiger charge is 2.15. The van der Waals surface area contributed by atoms with Crippen LogP contribution in [0.15, 0.2) is 182 Å². The number of nitrogens with zero attached hydrogens (tertiary/aromatic N) is 4. The third-order valence-electron chi connectivity index (χ3n) is 10.7. The number of aromatic nitrogens is 4. The van der Waals surface area contributed by atoms with Crippen LogP contribution in [0.5, 0.6) is 0 Å². The smallest absolute Gasteiger partial charge is 0.182 e. The Morgan fingerprint density at radius 3 is 1.46 bits per heavy atom. The van der Waals surface area contributed by atoms with Gasteiger partial charge in [0, 0.05) is 21.9 Å². The fraction of sp³-hybridized carbons (Fsp3) is 0. The molecule has 0 bridgehead atoms. The molecule has 11 rings (SSSR count). The van der Waals surface area contributed by atoms with Crippen molar-refractivity contribution in [2.45, 2.75) is 0 Å². The Balaban J connectivity index is 1.02. The summed E-state index contributed by atoms with van der Waals surface area (Å²) in [6, 6.07) is 64.3. The summed E-state index contributed by atoms with van der Waals surface area (Å²) in [4.78, 5) is 20.2. The van der Waals surface area contributed by atoms with Crippen molar-refractivity contribution >= 4 is 64.8 Å². The molecule has 2 heterocycles. The molecule has 0 saturated heterocycles. The van der Waals surface area contributed by atoms with E-state index in [4.69, 9.17) is 19.9 Å². The molecule has 2 aromatic heterocycles. The van der Waals surface area contributed by atoms with E-state index in [1.54, 1.807) is 0 Å². The van der Waals surface area contributed by atoms with Gasteiger partial charge in [0.05, 0.1) is 5.52 Å². The van der Waals surface area contributed by atoms with Crippen LogP contribution in [0.1, 0.15) is 0 Å². The van der Waals surface area contributed by atoms with E-state index in [0.29, 0.717) is 23.2 Å². The minimum Gasteiger partial charge on any atom is -0.244 e. The second-order valence-corrected chi connectivity index (χ2v) is 13.9. The molecule has 0 amide bonds. The molecule has 9 aromatic carbocycles. The predicted octanol–water partition coefficient (Wildman–Crippen LogP) is 12.9. The van der Waals surface area contributed by atoms with Gasteiger partial charge in [-0.1, -0.05) is 158 Å². The largest absolute Gasteiger partial charge is 0.244 e. The van der Waals surface area contributed by atoms with Gasteiger partial charge in [0.15, 0.2) is 17.5 Å². The first-order valence-corrected chi connectivity index (χ1v) is 18.2. The Bertz CT molecular complexity index is 3240. The van der Waals surface area contributed by atoms with Gasteiger partial charge in [0.25, 0.3) is 0 Å². The summed E-state index contributed by atoms with van der Waals surface area (Å²) >= 11 is 0. The van der Waals surface area contributed by atoms with E-state index in [1.807, 2.05) is 36.4 Å². The van der Waals surface area contributed by atoms with Gasteiger partial charge in [-0.25, -0.2) is 19.9 Å². The summed E-state index contributed by atoms with van der Waals surface area (Å²) < 4.78 is 0. The number of hydrogen-bond donors (Lipinski definition) is 0. The van der Waals surface area contributed by atoms with E-state index in [2.05, 4.69) is 146 Å². The van der Waals surface area contributed by atoms with Gasteiger partial charge in [0.1, 0.15) is 5.69 Å². The van der Waals surface area contributed by atoms with E-state index in [9.17, 15) is 0 Å². The Morgan fingerprint density at radius 1 is 0.241 bits per heavy atom. The van der Waals surface area contributed by atoms with Crippen LogP contribution < -0.4 is 0 Å². The van der Waals surface area contributed by atoms with Gasteiger partial charge in [-0.3, -0.25) is 0 Å².